The van der Waals surface area contributed by atoms with Crippen molar-refractivity contribution in [1.29, 1.82) is 0 Å². The summed E-state index contributed by atoms with van der Waals surface area (Å²) in [4.78, 5) is 17.0. The molecule has 1 amide bonds. The standard InChI is InChI=1S/C21H22N6OS/c1-14-11-12-16(13-18(14)27-15(2)24-25-26-27)22-20(28)9-5-6-10-21-23-17-7-3-4-8-19(17)29-21/h3-4,7-8,11-13H,5-6,9-10H2,1-2H3,(H,22,28). The minimum atomic E-state index is 0.0116. The zero-order valence-electron chi connectivity index (χ0n) is 16.4. The smallest absolute Gasteiger partial charge is 0.224 e. The van der Waals surface area contributed by atoms with Crippen LogP contribution in [-0.2, 0) is 11.2 Å². The molecule has 2 heterocycles. The summed E-state index contributed by atoms with van der Waals surface area (Å²) >= 11 is 1.73. The number of aromatic nitrogens is 5. The highest BCUT2D eigenvalue weighted by atomic mass is 32.1. The number of aryl methyl sites for hydroxylation is 3. The van der Waals surface area contributed by atoms with Crippen molar-refractivity contribution < 1.29 is 4.79 Å². The molecule has 29 heavy (non-hydrogen) atoms. The quantitative estimate of drug-likeness (QED) is 0.464. The molecule has 4 rings (SSSR count). The summed E-state index contributed by atoms with van der Waals surface area (Å²) in [5.74, 6) is 0.712. The fourth-order valence-corrected chi connectivity index (χ4v) is 4.19. The van der Waals surface area contributed by atoms with Gasteiger partial charge < -0.3 is 5.32 Å². The molecule has 4 aromatic rings. The van der Waals surface area contributed by atoms with E-state index in [2.05, 4.69) is 31.9 Å². The van der Waals surface area contributed by atoms with Gasteiger partial charge in [-0.2, -0.15) is 4.68 Å². The molecule has 0 aliphatic carbocycles. The van der Waals surface area contributed by atoms with Gasteiger partial charge in [-0.1, -0.05) is 18.2 Å². The summed E-state index contributed by atoms with van der Waals surface area (Å²) in [6.45, 7) is 3.83. The van der Waals surface area contributed by atoms with Crippen molar-refractivity contribution >= 4 is 33.1 Å². The maximum atomic E-state index is 12.3. The number of thiazole rings is 1. The number of tetrazole rings is 1. The van der Waals surface area contributed by atoms with E-state index in [0.717, 1.165) is 46.7 Å². The van der Waals surface area contributed by atoms with Crippen LogP contribution in [-0.4, -0.2) is 31.1 Å². The predicted molar refractivity (Wildman–Crippen MR) is 114 cm³/mol. The number of amides is 1. The van der Waals surface area contributed by atoms with E-state index < -0.39 is 0 Å². The topological polar surface area (TPSA) is 85.6 Å². The molecule has 0 aliphatic rings. The zero-order valence-corrected chi connectivity index (χ0v) is 17.2. The van der Waals surface area contributed by atoms with Crippen molar-refractivity contribution in [2.75, 3.05) is 5.32 Å². The van der Waals surface area contributed by atoms with Crippen LogP contribution in [0.4, 0.5) is 5.69 Å². The molecule has 2 aromatic heterocycles. The summed E-state index contributed by atoms with van der Waals surface area (Å²) in [6, 6.07) is 13.9. The summed E-state index contributed by atoms with van der Waals surface area (Å²) in [6.07, 6.45) is 3.15. The van der Waals surface area contributed by atoms with Crippen LogP contribution >= 0.6 is 11.3 Å². The molecule has 0 aliphatic heterocycles. The zero-order chi connectivity index (χ0) is 20.2. The summed E-state index contributed by atoms with van der Waals surface area (Å²) < 4.78 is 2.89. The number of carbonyl (C=O) groups is 1. The molecular weight excluding hydrogens is 384 g/mol. The van der Waals surface area contributed by atoms with Crippen molar-refractivity contribution in [3.63, 3.8) is 0 Å². The first-order chi connectivity index (χ1) is 14.1. The summed E-state index contributed by atoms with van der Waals surface area (Å²) in [7, 11) is 0. The minimum Gasteiger partial charge on any atom is -0.326 e. The lowest BCUT2D eigenvalue weighted by atomic mass is 10.1. The second-order valence-electron chi connectivity index (χ2n) is 6.97. The summed E-state index contributed by atoms with van der Waals surface area (Å²) in [5.41, 5.74) is 3.70. The van der Waals surface area contributed by atoms with E-state index in [-0.39, 0.29) is 5.91 Å². The minimum absolute atomic E-state index is 0.0116. The summed E-state index contributed by atoms with van der Waals surface area (Å²) in [5, 5.41) is 15.7. The highest BCUT2D eigenvalue weighted by molar-refractivity contribution is 7.18. The third-order valence-electron chi connectivity index (χ3n) is 4.73. The fraction of sp³-hybridized carbons (Fsp3) is 0.286. The average molecular weight is 407 g/mol. The second kappa shape index (κ2) is 8.48. The Balaban J connectivity index is 1.30. The predicted octanol–water partition coefficient (Wildman–Crippen LogP) is 4.24. The van der Waals surface area contributed by atoms with Gasteiger partial charge >= 0.3 is 0 Å². The van der Waals surface area contributed by atoms with E-state index in [1.807, 2.05) is 50.2 Å². The molecule has 0 bridgehead atoms. The van der Waals surface area contributed by atoms with Crippen LogP contribution in [0.15, 0.2) is 42.5 Å². The lowest BCUT2D eigenvalue weighted by molar-refractivity contribution is -0.116. The van der Waals surface area contributed by atoms with E-state index in [0.29, 0.717) is 12.2 Å². The van der Waals surface area contributed by atoms with Gasteiger partial charge in [-0.05, 0) is 73.4 Å². The number of anilines is 1. The second-order valence-corrected chi connectivity index (χ2v) is 8.08. The molecule has 0 saturated heterocycles. The Morgan fingerprint density at radius 3 is 2.79 bits per heavy atom. The van der Waals surface area contributed by atoms with Gasteiger partial charge in [-0.3, -0.25) is 4.79 Å². The molecule has 1 N–H and O–H groups in total. The number of unbranched alkanes of at least 4 members (excludes halogenated alkanes) is 1. The van der Waals surface area contributed by atoms with Crippen LogP contribution in [0, 0.1) is 13.8 Å². The molecule has 0 atom stereocenters. The van der Waals surface area contributed by atoms with Crippen LogP contribution in [0.2, 0.25) is 0 Å². The number of fused-ring (bicyclic) bond motifs is 1. The van der Waals surface area contributed by atoms with Gasteiger partial charge in [-0.25, -0.2) is 4.98 Å². The number of para-hydroxylation sites is 1. The third kappa shape index (κ3) is 4.48. The molecule has 0 radical (unpaired) electrons. The van der Waals surface area contributed by atoms with Crippen molar-refractivity contribution in [2.45, 2.75) is 39.5 Å². The maximum Gasteiger partial charge on any atom is 0.224 e. The first-order valence-electron chi connectivity index (χ1n) is 9.60. The normalized spacial score (nSPS) is 11.1. The fourth-order valence-electron chi connectivity index (χ4n) is 3.18. The molecule has 8 heteroatoms. The first kappa shape index (κ1) is 19.2. The molecule has 0 spiro atoms. The first-order valence-corrected chi connectivity index (χ1v) is 10.4. The van der Waals surface area contributed by atoms with E-state index in [9.17, 15) is 4.79 Å². The Bertz CT molecular complexity index is 1120. The monoisotopic (exact) mass is 406 g/mol. The van der Waals surface area contributed by atoms with Crippen LogP contribution < -0.4 is 5.32 Å². The van der Waals surface area contributed by atoms with Crippen molar-refractivity contribution in [1.82, 2.24) is 25.2 Å². The highest BCUT2D eigenvalue weighted by Gasteiger charge is 2.10. The van der Waals surface area contributed by atoms with E-state index in [1.165, 1.54) is 4.70 Å². The van der Waals surface area contributed by atoms with Gasteiger partial charge in [0.05, 0.1) is 20.9 Å². The van der Waals surface area contributed by atoms with Crippen molar-refractivity contribution in [3.8, 4) is 5.69 Å². The third-order valence-corrected chi connectivity index (χ3v) is 5.83. The molecule has 0 saturated carbocycles. The van der Waals surface area contributed by atoms with E-state index >= 15 is 0 Å². The van der Waals surface area contributed by atoms with Gasteiger partial charge in [-0.15, -0.1) is 16.4 Å². The molecule has 2 aromatic carbocycles. The Morgan fingerprint density at radius 1 is 1.14 bits per heavy atom. The van der Waals surface area contributed by atoms with Gasteiger partial charge in [0.1, 0.15) is 0 Å². The van der Waals surface area contributed by atoms with Gasteiger partial charge in [0, 0.05) is 12.1 Å². The number of hydrogen-bond donors (Lipinski definition) is 1. The SMILES string of the molecule is Cc1ccc(NC(=O)CCCCc2nc3ccccc3s2)cc1-n1nnnc1C. The highest BCUT2D eigenvalue weighted by Crippen LogP contribution is 2.23. The molecule has 148 valence electrons. The average Bonchev–Trinajstić information content (AvgIpc) is 3.32. The van der Waals surface area contributed by atoms with E-state index in [1.54, 1.807) is 16.0 Å². The van der Waals surface area contributed by atoms with E-state index in [4.69, 9.17) is 0 Å². The number of nitrogens with zero attached hydrogens (tertiary/aromatic N) is 5. The van der Waals surface area contributed by atoms with Crippen LogP contribution in [0.3, 0.4) is 0 Å². The Hall–Kier alpha value is -3.13. The van der Waals surface area contributed by atoms with Crippen LogP contribution in [0.1, 0.15) is 35.7 Å². The largest absolute Gasteiger partial charge is 0.326 e. The molecule has 7 nitrogen and oxygen atoms in total. The Morgan fingerprint density at radius 2 is 2.00 bits per heavy atom. The number of hydrogen-bond acceptors (Lipinski definition) is 6. The van der Waals surface area contributed by atoms with Gasteiger partial charge in [0.25, 0.3) is 0 Å². The number of carbonyl (C=O) groups excluding carboxylic acids is 1. The molecule has 0 fully saturated rings. The number of rotatable bonds is 7. The number of nitrogens with one attached hydrogen (secondary N) is 1. The van der Waals surface area contributed by atoms with Crippen LogP contribution in [0.5, 0.6) is 0 Å². The lowest BCUT2D eigenvalue weighted by Gasteiger charge is -2.10. The lowest BCUT2D eigenvalue weighted by Crippen LogP contribution is -2.12. The van der Waals surface area contributed by atoms with Crippen molar-refractivity contribution in [3.05, 3.63) is 58.9 Å². The van der Waals surface area contributed by atoms with Crippen LogP contribution in [0.25, 0.3) is 15.9 Å². The molecular formula is C21H22N6OS. The Kier molecular flexibility index (Phi) is 5.62. The molecule has 0 unspecified atom stereocenters. The van der Waals surface area contributed by atoms with Crippen molar-refractivity contribution in [2.24, 2.45) is 0 Å². The van der Waals surface area contributed by atoms with Gasteiger partial charge in [0.2, 0.25) is 5.91 Å². The maximum absolute atomic E-state index is 12.3. The van der Waals surface area contributed by atoms with Gasteiger partial charge in [0.15, 0.2) is 5.82 Å². The number of benzene rings is 2. The Labute approximate surface area is 172 Å².